The van der Waals surface area contributed by atoms with Crippen molar-refractivity contribution < 1.29 is 4.79 Å². The minimum Gasteiger partial charge on any atom is -0.352 e. The van der Waals surface area contributed by atoms with Crippen LogP contribution in [-0.2, 0) is 4.79 Å². The molecule has 0 radical (unpaired) electrons. The van der Waals surface area contributed by atoms with Gasteiger partial charge in [-0.1, -0.05) is 13.8 Å². The van der Waals surface area contributed by atoms with E-state index in [-0.39, 0.29) is 11.8 Å². The zero-order valence-electron chi connectivity index (χ0n) is 10.8. The maximum Gasteiger partial charge on any atom is 0.224 e. The molecule has 94 valence electrons. The Balaban J connectivity index is 2.26. The molecule has 1 aliphatic heterocycles. The van der Waals surface area contributed by atoms with Gasteiger partial charge >= 0.3 is 0 Å². The second-order valence-electron chi connectivity index (χ2n) is 4.82. The normalized spacial score (nSPS) is 24.1. The second-order valence-corrected chi connectivity index (χ2v) is 4.82. The summed E-state index contributed by atoms with van der Waals surface area (Å²) in [7, 11) is 2.11. The van der Waals surface area contributed by atoms with E-state index in [0.717, 1.165) is 32.6 Å². The molecule has 2 unspecified atom stereocenters. The molecule has 0 spiro atoms. The maximum absolute atomic E-state index is 11.9. The maximum atomic E-state index is 11.9. The Hall–Kier alpha value is -0.610. The van der Waals surface area contributed by atoms with Gasteiger partial charge in [-0.25, -0.2) is 0 Å². The molecular formula is C12H25N3O. The Morgan fingerprint density at radius 1 is 1.56 bits per heavy atom. The summed E-state index contributed by atoms with van der Waals surface area (Å²) in [5.74, 6) is 0.244. The van der Waals surface area contributed by atoms with Crippen molar-refractivity contribution in [2.24, 2.45) is 5.92 Å². The van der Waals surface area contributed by atoms with E-state index in [9.17, 15) is 4.79 Å². The van der Waals surface area contributed by atoms with E-state index >= 15 is 0 Å². The average molecular weight is 227 g/mol. The van der Waals surface area contributed by atoms with Gasteiger partial charge in [0.2, 0.25) is 5.91 Å². The highest BCUT2D eigenvalue weighted by Crippen LogP contribution is 2.08. The van der Waals surface area contributed by atoms with Crippen molar-refractivity contribution in [1.29, 1.82) is 0 Å². The number of carbonyl (C=O) groups excluding carboxylic acids is 1. The molecule has 4 nitrogen and oxygen atoms in total. The Bertz CT molecular complexity index is 220. The van der Waals surface area contributed by atoms with Crippen molar-refractivity contribution >= 4 is 5.91 Å². The molecular weight excluding hydrogens is 202 g/mol. The highest BCUT2D eigenvalue weighted by Gasteiger charge is 2.21. The van der Waals surface area contributed by atoms with Crippen LogP contribution in [0.2, 0.25) is 0 Å². The van der Waals surface area contributed by atoms with E-state index in [4.69, 9.17) is 0 Å². The van der Waals surface area contributed by atoms with Gasteiger partial charge in [-0.3, -0.25) is 4.79 Å². The van der Waals surface area contributed by atoms with E-state index in [1.54, 1.807) is 0 Å². The van der Waals surface area contributed by atoms with Crippen LogP contribution < -0.4 is 10.6 Å². The van der Waals surface area contributed by atoms with Gasteiger partial charge in [0.05, 0.1) is 0 Å². The SMILES string of the molecule is CCNCC(C)C(=O)NC1CCCN(C)C1. The van der Waals surface area contributed by atoms with Crippen LogP contribution in [0, 0.1) is 5.92 Å². The van der Waals surface area contributed by atoms with Crippen molar-refractivity contribution in [3.8, 4) is 0 Å². The van der Waals surface area contributed by atoms with Crippen LogP contribution in [0.1, 0.15) is 26.7 Å². The van der Waals surface area contributed by atoms with Gasteiger partial charge in [0, 0.05) is 25.0 Å². The number of hydrogen-bond acceptors (Lipinski definition) is 3. The lowest BCUT2D eigenvalue weighted by Crippen LogP contribution is -2.48. The van der Waals surface area contributed by atoms with Gasteiger partial charge in [-0.2, -0.15) is 0 Å². The van der Waals surface area contributed by atoms with Crippen LogP contribution in [0.5, 0.6) is 0 Å². The molecule has 0 aliphatic carbocycles. The van der Waals surface area contributed by atoms with Gasteiger partial charge in [0.25, 0.3) is 0 Å². The second kappa shape index (κ2) is 6.86. The number of likely N-dealkylation sites (tertiary alicyclic amines) is 1. The quantitative estimate of drug-likeness (QED) is 0.716. The van der Waals surface area contributed by atoms with Gasteiger partial charge in [-0.15, -0.1) is 0 Å². The van der Waals surface area contributed by atoms with E-state index in [1.165, 1.54) is 6.42 Å². The lowest BCUT2D eigenvalue weighted by atomic mass is 10.0. The third-order valence-corrected chi connectivity index (χ3v) is 3.12. The predicted molar refractivity (Wildman–Crippen MR) is 66.4 cm³/mol. The predicted octanol–water partition coefficient (Wildman–Crippen LogP) is 0.442. The zero-order valence-corrected chi connectivity index (χ0v) is 10.8. The van der Waals surface area contributed by atoms with Crippen molar-refractivity contribution in [2.45, 2.75) is 32.7 Å². The molecule has 0 aromatic carbocycles. The van der Waals surface area contributed by atoms with Gasteiger partial charge in [0.15, 0.2) is 0 Å². The van der Waals surface area contributed by atoms with Crippen LogP contribution in [0.25, 0.3) is 0 Å². The van der Waals surface area contributed by atoms with E-state index in [2.05, 4.69) is 29.5 Å². The lowest BCUT2D eigenvalue weighted by Gasteiger charge is -2.31. The number of rotatable bonds is 5. The minimum atomic E-state index is 0.0622. The van der Waals surface area contributed by atoms with E-state index in [1.807, 2.05) is 6.92 Å². The fraction of sp³-hybridized carbons (Fsp3) is 0.917. The molecule has 1 saturated heterocycles. The number of nitrogens with zero attached hydrogens (tertiary/aromatic N) is 1. The van der Waals surface area contributed by atoms with Gasteiger partial charge in [-0.05, 0) is 33.0 Å². The molecule has 1 fully saturated rings. The van der Waals surface area contributed by atoms with Crippen LogP contribution in [0.3, 0.4) is 0 Å². The number of likely N-dealkylation sites (N-methyl/N-ethyl adjacent to an activating group) is 1. The zero-order chi connectivity index (χ0) is 12.0. The number of nitrogens with one attached hydrogen (secondary N) is 2. The third-order valence-electron chi connectivity index (χ3n) is 3.12. The summed E-state index contributed by atoms with van der Waals surface area (Å²) in [6.07, 6.45) is 2.30. The summed E-state index contributed by atoms with van der Waals surface area (Å²) in [4.78, 5) is 14.1. The Morgan fingerprint density at radius 3 is 2.94 bits per heavy atom. The highest BCUT2D eigenvalue weighted by molar-refractivity contribution is 5.78. The minimum absolute atomic E-state index is 0.0622. The van der Waals surface area contributed by atoms with Gasteiger partial charge in [0.1, 0.15) is 0 Å². The van der Waals surface area contributed by atoms with Gasteiger partial charge < -0.3 is 15.5 Å². The Morgan fingerprint density at radius 2 is 2.31 bits per heavy atom. The number of carbonyl (C=O) groups is 1. The molecule has 1 heterocycles. The molecule has 16 heavy (non-hydrogen) atoms. The largest absolute Gasteiger partial charge is 0.352 e. The van der Waals surface area contributed by atoms with Crippen molar-refractivity contribution in [3.05, 3.63) is 0 Å². The third kappa shape index (κ3) is 4.49. The molecule has 2 N–H and O–H groups in total. The van der Waals surface area contributed by atoms with E-state index in [0.29, 0.717) is 6.04 Å². The smallest absolute Gasteiger partial charge is 0.224 e. The van der Waals surface area contributed by atoms with Crippen LogP contribution in [0.15, 0.2) is 0 Å². The fourth-order valence-corrected chi connectivity index (χ4v) is 2.08. The first kappa shape index (κ1) is 13.5. The lowest BCUT2D eigenvalue weighted by molar-refractivity contribution is -0.125. The van der Waals surface area contributed by atoms with Crippen molar-refractivity contribution in [3.63, 3.8) is 0 Å². The molecule has 0 aromatic heterocycles. The highest BCUT2D eigenvalue weighted by atomic mass is 16.1. The molecule has 0 aromatic rings. The molecule has 1 amide bonds. The molecule has 1 aliphatic rings. The van der Waals surface area contributed by atoms with Crippen LogP contribution in [0.4, 0.5) is 0 Å². The van der Waals surface area contributed by atoms with Crippen LogP contribution in [-0.4, -0.2) is 50.1 Å². The van der Waals surface area contributed by atoms with Crippen molar-refractivity contribution in [1.82, 2.24) is 15.5 Å². The first-order valence-corrected chi connectivity index (χ1v) is 6.33. The Labute approximate surface area is 98.8 Å². The molecule has 2 atom stereocenters. The molecule has 0 saturated carbocycles. The molecule has 4 heteroatoms. The van der Waals surface area contributed by atoms with Crippen LogP contribution >= 0.6 is 0 Å². The summed E-state index contributed by atoms with van der Waals surface area (Å²) in [6.45, 7) is 7.86. The monoisotopic (exact) mass is 227 g/mol. The van der Waals surface area contributed by atoms with Crippen molar-refractivity contribution in [2.75, 3.05) is 33.2 Å². The number of hydrogen-bond donors (Lipinski definition) is 2. The number of amides is 1. The average Bonchev–Trinajstić information content (AvgIpc) is 2.25. The molecule has 1 rings (SSSR count). The summed E-state index contributed by atoms with van der Waals surface area (Å²) < 4.78 is 0. The Kier molecular flexibility index (Phi) is 5.77. The molecule has 0 bridgehead atoms. The summed E-state index contributed by atoms with van der Waals surface area (Å²) in [5, 5.41) is 6.34. The first-order chi connectivity index (χ1) is 7.63. The summed E-state index contributed by atoms with van der Waals surface area (Å²) >= 11 is 0. The fourth-order valence-electron chi connectivity index (χ4n) is 2.08. The summed E-state index contributed by atoms with van der Waals surface area (Å²) in [5.41, 5.74) is 0. The number of piperidine rings is 1. The standard InChI is InChI=1S/C12H25N3O/c1-4-13-8-10(2)12(16)14-11-6-5-7-15(3)9-11/h10-11,13H,4-9H2,1-3H3,(H,14,16). The topological polar surface area (TPSA) is 44.4 Å². The first-order valence-electron chi connectivity index (χ1n) is 6.33. The summed E-state index contributed by atoms with van der Waals surface area (Å²) in [6, 6.07) is 0.343. The van der Waals surface area contributed by atoms with E-state index < -0.39 is 0 Å².